The van der Waals surface area contributed by atoms with Gasteiger partial charge in [0.1, 0.15) is 5.60 Å². The fourth-order valence-corrected chi connectivity index (χ4v) is 4.43. The van der Waals surface area contributed by atoms with Crippen molar-refractivity contribution in [2.24, 2.45) is 4.99 Å². The summed E-state index contributed by atoms with van der Waals surface area (Å²) in [6.45, 7) is 9.07. The van der Waals surface area contributed by atoms with E-state index in [0.29, 0.717) is 25.6 Å². The van der Waals surface area contributed by atoms with Gasteiger partial charge in [-0.2, -0.15) is 4.31 Å². The normalized spacial score (nSPS) is 19.0. The Hall–Kier alpha value is -0.820. The molecule has 0 bridgehead atoms. The van der Waals surface area contributed by atoms with Crippen LogP contribution in [0.25, 0.3) is 0 Å². The molecule has 30 heavy (non-hydrogen) atoms. The van der Waals surface area contributed by atoms with E-state index in [9.17, 15) is 13.2 Å². The molecule has 9 nitrogen and oxygen atoms in total. The molecule has 1 rings (SSSR count). The second-order valence-corrected chi connectivity index (χ2v) is 10.4. The Kier molecular flexibility index (Phi) is 13.2. The van der Waals surface area contributed by atoms with Crippen molar-refractivity contribution < 1.29 is 17.9 Å². The van der Waals surface area contributed by atoms with Gasteiger partial charge in [-0.15, -0.1) is 24.0 Å². The van der Waals surface area contributed by atoms with E-state index in [1.165, 1.54) is 6.26 Å². The molecule has 0 radical (unpaired) electrons. The minimum Gasteiger partial charge on any atom is -0.444 e. The molecule has 3 N–H and O–H groups in total. The van der Waals surface area contributed by atoms with Crippen molar-refractivity contribution in [3.8, 4) is 0 Å². The number of unbranched alkanes of at least 4 members (excludes halogenated alkanes) is 1. The molecule has 1 heterocycles. The molecule has 11 heteroatoms. The predicted molar refractivity (Wildman–Crippen MR) is 132 cm³/mol. The number of ether oxygens (including phenoxy) is 1. The van der Waals surface area contributed by atoms with Crippen molar-refractivity contribution >= 4 is 46.1 Å². The molecule has 1 unspecified atom stereocenters. The first kappa shape index (κ1) is 29.2. The van der Waals surface area contributed by atoms with Gasteiger partial charge in [0, 0.05) is 38.8 Å². The number of aliphatic imine (C=N–C) groups is 1. The van der Waals surface area contributed by atoms with Crippen molar-refractivity contribution in [3.63, 3.8) is 0 Å². The number of carbonyl (C=O) groups excluding carboxylic acids is 1. The maximum atomic E-state index is 12.0. The summed E-state index contributed by atoms with van der Waals surface area (Å²) in [5.41, 5.74) is -0.541. The lowest BCUT2D eigenvalue weighted by Crippen LogP contribution is -2.51. The lowest BCUT2D eigenvalue weighted by molar-refractivity contribution is 0.0522. The minimum atomic E-state index is -3.20. The van der Waals surface area contributed by atoms with Crippen molar-refractivity contribution in [2.45, 2.75) is 77.5 Å². The van der Waals surface area contributed by atoms with Crippen molar-refractivity contribution in [3.05, 3.63) is 0 Å². The van der Waals surface area contributed by atoms with E-state index in [-0.39, 0.29) is 36.1 Å². The van der Waals surface area contributed by atoms with Crippen LogP contribution in [-0.2, 0) is 14.8 Å². The van der Waals surface area contributed by atoms with Crippen LogP contribution in [0.4, 0.5) is 4.79 Å². The lowest BCUT2D eigenvalue weighted by atomic mass is 10.1. The first-order valence-corrected chi connectivity index (χ1v) is 12.2. The van der Waals surface area contributed by atoms with Gasteiger partial charge in [0.15, 0.2) is 5.96 Å². The zero-order chi connectivity index (χ0) is 22.1. The van der Waals surface area contributed by atoms with Crippen LogP contribution in [0.2, 0.25) is 0 Å². The van der Waals surface area contributed by atoms with Crippen LogP contribution >= 0.6 is 24.0 Å². The molecule has 1 aliphatic rings. The summed E-state index contributed by atoms with van der Waals surface area (Å²) in [6.07, 6.45) is 5.42. The van der Waals surface area contributed by atoms with E-state index < -0.39 is 21.7 Å². The standard InChI is InChI=1S/C19H39N5O4S.HI/c1-7-8-10-15(13-22-18(25)28-19(2,3)4)23-17(20-5)21-14-16-11-9-12-24(16)29(6,26)27;/h15-16H,7-14H2,1-6H3,(H,22,25)(H2,20,21,23);1H/t15?,16-;/m1./s1. The Bertz CT molecular complexity index is 652. The van der Waals surface area contributed by atoms with Gasteiger partial charge in [-0.25, -0.2) is 13.2 Å². The molecule has 0 aromatic rings. The Morgan fingerprint density at radius 1 is 1.30 bits per heavy atom. The third-order valence-electron chi connectivity index (χ3n) is 4.62. The molecule has 178 valence electrons. The number of halogens is 1. The molecular weight excluding hydrogens is 521 g/mol. The molecule has 0 saturated carbocycles. The van der Waals surface area contributed by atoms with Crippen LogP contribution in [0.5, 0.6) is 0 Å². The van der Waals surface area contributed by atoms with E-state index in [0.717, 1.165) is 32.1 Å². The number of nitrogens with zero attached hydrogens (tertiary/aromatic N) is 2. The van der Waals surface area contributed by atoms with Crippen molar-refractivity contribution in [1.82, 2.24) is 20.3 Å². The molecule has 1 amide bonds. The summed E-state index contributed by atoms with van der Waals surface area (Å²) >= 11 is 0. The fraction of sp³-hybridized carbons (Fsp3) is 0.895. The maximum Gasteiger partial charge on any atom is 0.407 e. The molecule has 1 saturated heterocycles. The number of hydrogen-bond acceptors (Lipinski definition) is 5. The number of rotatable bonds is 9. The second kappa shape index (κ2) is 13.6. The maximum absolute atomic E-state index is 12.0. The number of carbonyl (C=O) groups is 1. The van der Waals surface area contributed by atoms with E-state index in [2.05, 4.69) is 27.9 Å². The van der Waals surface area contributed by atoms with Crippen molar-refractivity contribution in [1.29, 1.82) is 0 Å². The molecule has 0 aromatic heterocycles. The number of guanidine groups is 1. The van der Waals surface area contributed by atoms with Crippen LogP contribution in [0, 0.1) is 0 Å². The van der Waals surface area contributed by atoms with E-state index in [1.54, 1.807) is 11.4 Å². The molecular formula is C19H40IN5O4S. The van der Waals surface area contributed by atoms with E-state index in [4.69, 9.17) is 4.74 Å². The summed E-state index contributed by atoms with van der Waals surface area (Å²) in [6, 6.07) is -0.0826. The first-order valence-electron chi connectivity index (χ1n) is 10.4. The smallest absolute Gasteiger partial charge is 0.407 e. The van der Waals surface area contributed by atoms with Crippen LogP contribution in [0.1, 0.15) is 59.8 Å². The van der Waals surface area contributed by atoms with Crippen LogP contribution in [-0.4, -0.2) is 75.4 Å². The zero-order valence-corrected chi connectivity index (χ0v) is 22.3. The average Bonchev–Trinajstić information content (AvgIpc) is 3.07. The largest absolute Gasteiger partial charge is 0.444 e. The Balaban J connectivity index is 0.00000841. The van der Waals surface area contributed by atoms with Gasteiger partial charge in [0.2, 0.25) is 10.0 Å². The van der Waals surface area contributed by atoms with Crippen molar-refractivity contribution in [2.75, 3.05) is 32.9 Å². The second-order valence-electron chi connectivity index (χ2n) is 8.49. The number of nitrogens with one attached hydrogen (secondary N) is 3. The minimum absolute atomic E-state index is 0. The number of sulfonamides is 1. The van der Waals surface area contributed by atoms with Gasteiger partial charge >= 0.3 is 6.09 Å². The number of alkyl carbamates (subject to hydrolysis) is 1. The van der Waals surface area contributed by atoms with Crippen LogP contribution in [0.15, 0.2) is 4.99 Å². The molecule has 0 spiro atoms. The Morgan fingerprint density at radius 2 is 1.97 bits per heavy atom. The summed E-state index contributed by atoms with van der Waals surface area (Å²) in [4.78, 5) is 16.2. The summed E-state index contributed by atoms with van der Waals surface area (Å²) in [5, 5.41) is 9.38. The highest BCUT2D eigenvalue weighted by Crippen LogP contribution is 2.19. The van der Waals surface area contributed by atoms with Gasteiger partial charge < -0.3 is 20.7 Å². The SMILES string of the molecule is CCCCC(CNC(=O)OC(C)(C)C)NC(=NC)NC[C@H]1CCCN1S(C)(=O)=O.I. The van der Waals surface area contributed by atoms with Gasteiger partial charge in [0.25, 0.3) is 0 Å². The van der Waals surface area contributed by atoms with Gasteiger partial charge in [-0.05, 0) is 40.0 Å². The molecule has 1 aliphatic heterocycles. The highest BCUT2D eigenvalue weighted by Gasteiger charge is 2.31. The number of amides is 1. The first-order chi connectivity index (χ1) is 13.5. The topological polar surface area (TPSA) is 112 Å². The average molecular weight is 562 g/mol. The summed E-state index contributed by atoms with van der Waals surface area (Å²) in [5.74, 6) is 0.595. The summed E-state index contributed by atoms with van der Waals surface area (Å²) < 4.78 is 30.6. The van der Waals surface area contributed by atoms with Crippen LogP contribution in [0.3, 0.4) is 0 Å². The third kappa shape index (κ3) is 11.5. The monoisotopic (exact) mass is 561 g/mol. The van der Waals surface area contributed by atoms with E-state index >= 15 is 0 Å². The fourth-order valence-electron chi connectivity index (χ4n) is 3.25. The molecule has 0 aliphatic carbocycles. The van der Waals surface area contributed by atoms with Crippen LogP contribution < -0.4 is 16.0 Å². The quantitative estimate of drug-likeness (QED) is 0.226. The predicted octanol–water partition coefficient (Wildman–Crippen LogP) is 2.28. The van der Waals surface area contributed by atoms with Gasteiger partial charge in [-0.3, -0.25) is 4.99 Å². The number of hydrogen-bond donors (Lipinski definition) is 3. The molecule has 2 atom stereocenters. The van der Waals surface area contributed by atoms with E-state index in [1.807, 2.05) is 20.8 Å². The van der Waals surface area contributed by atoms with Gasteiger partial charge in [-0.1, -0.05) is 19.8 Å². The third-order valence-corrected chi connectivity index (χ3v) is 5.95. The molecule has 0 aromatic carbocycles. The lowest BCUT2D eigenvalue weighted by Gasteiger charge is -2.26. The zero-order valence-electron chi connectivity index (χ0n) is 19.2. The van der Waals surface area contributed by atoms with Gasteiger partial charge in [0.05, 0.1) is 6.26 Å². The highest BCUT2D eigenvalue weighted by molar-refractivity contribution is 14.0. The Labute approximate surface area is 199 Å². The summed E-state index contributed by atoms with van der Waals surface area (Å²) in [7, 11) is -1.53. The molecule has 1 fully saturated rings. The Morgan fingerprint density at radius 3 is 2.50 bits per heavy atom. The highest BCUT2D eigenvalue weighted by atomic mass is 127.